The van der Waals surface area contributed by atoms with E-state index >= 15 is 0 Å². The smallest absolute Gasteiger partial charge is 0.0625 e. The summed E-state index contributed by atoms with van der Waals surface area (Å²) in [7, 11) is 0. The molecule has 1 aliphatic heterocycles. The molecule has 1 aromatic rings. The molecule has 0 spiro atoms. The van der Waals surface area contributed by atoms with Gasteiger partial charge in [0.1, 0.15) is 0 Å². The van der Waals surface area contributed by atoms with Crippen molar-refractivity contribution < 1.29 is 4.74 Å². The summed E-state index contributed by atoms with van der Waals surface area (Å²) in [5.74, 6) is 0.888. The Bertz CT molecular complexity index is 347. The summed E-state index contributed by atoms with van der Waals surface area (Å²) in [6, 6.07) is 11.5. The van der Waals surface area contributed by atoms with Gasteiger partial charge in [0.25, 0.3) is 0 Å². The van der Waals surface area contributed by atoms with Gasteiger partial charge in [0.2, 0.25) is 0 Å². The van der Waals surface area contributed by atoms with Crippen LogP contribution >= 0.6 is 0 Å². The monoisotopic (exact) mass is 231 g/mol. The van der Waals surface area contributed by atoms with Gasteiger partial charge in [-0.25, -0.2) is 0 Å². The van der Waals surface area contributed by atoms with E-state index in [-0.39, 0.29) is 0 Å². The number of nitrogens with zero attached hydrogens (tertiary/aromatic N) is 1. The van der Waals surface area contributed by atoms with Gasteiger partial charge in [0.05, 0.1) is 13.2 Å². The zero-order chi connectivity index (χ0) is 11.5. The molecule has 1 saturated carbocycles. The van der Waals surface area contributed by atoms with Crippen molar-refractivity contribution in [2.24, 2.45) is 5.92 Å². The molecule has 2 heteroatoms. The van der Waals surface area contributed by atoms with Gasteiger partial charge < -0.3 is 4.74 Å². The van der Waals surface area contributed by atoms with Crippen LogP contribution < -0.4 is 0 Å². The molecular formula is C15H21NO. The van der Waals surface area contributed by atoms with E-state index in [0.717, 1.165) is 32.2 Å². The van der Waals surface area contributed by atoms with E-state index in [0.29, 0.717) is 6.04 Å². The van der Waals surface area contributed by atoms with Gasteiger partial charge in [-0.15, -0.1) is 0 Å². The highest BCUT2D eigenvalue weighted by Crippen LogP contribution is 2.34. The van der Waals surface area contributed by atoms with Gasteiger partial charge in [-0.3, -0.25) is 4.90 Å². The van der Waals surface area contributed by atoms with Crippen LogP contribution in [0.4, 0.5) is 0 Å². The van der Waals surface area contributed by atoms with Gasteiger partial charge in [-0.2, -0.15) is 0 Å². The molecule has 17 heavy (non-hydrogen) atoms. The number of rotatable bonds is 3. The van der Waals surface area contributed by atoms with Crippen LogP contribution in [0.1, 0.15) is 24.8 Å². The Morgan fingerprint density at radius 3 is 2.71 bits per heavy atom. The van der Waals surface area contributed by atoms with E-state index in [2.05, 4.69) is 35.2 Å². The minimum absolute atomic E-state index is 0.665. The fourth-order valence-corrected chi connectivity index (χ4v) is 2.93. The van der Waals surface area contributed by atoms with Crippen molar-refractivity contribution in [2.45, 2.75) is 31.8 Å². The van der Waals surface area contributed by atoms with Crippen LogP contribution in [0.5, 0.6) is 0 Å². The Morgan fingerprint density at radius 1 is 1.18 bits per heavy atom. The average Bonchev–Trinajstić information content (AvgIpc) is 2.31. The molecule has 0 bridgehead atoms. The summed E-state index contributed by atoms with van der Waals surface area (Å²) in [6.07, 6.45) is 4.22. The SMILES string of the molecule is c1ccc(CN2CCOCC2C2CCC2)cc1. The Labute approximate surface area is 104 Å². The summed E-state index contributed by atoms with van der Waals surface area (Å²) in [5.41, 5.74) is 1.43. The van der Waals surface area contributed by atoms with Crippen molar-refractivity contribution in [1.82, 2.24) is 4.90 Å². The predicted molar refractivity (Wildman–Crippen MR) is 68.8 cm³/mol. The van der Waals surface area contributed by atoms with Crippen molar-refractivity contribution in [3.63, 3.8) is 0 Å². The Balaban J connectivity index is 1.66. The lowest BCUT2D eigenvalue weighted by Gasteiger charge is -2.43. The highest BCUT2D eigenvalue weighted by atomic mass is 16.5. The third-order valence-electron chi connectivity index (χ3n) is 4.20. The third-order valence-corrected chi connectivity index (χ3v) is 4.20. The van der Waals surface area contributed by atoms with Gasteiger partial charge in [0, 0.05) is 19.1 Å². The standard InChI is InChI=1S/C15H21NO/c1-2-5-13(6-3-1)11-16-9-10-17-12-15(16)14-7-4-8-14/h1-3,5-6,14-15H,4,7-12H2. The van der Waals surface area contributed by atoms with Crippen LogP contribution in [0.15, 0.2) is 30.3 Å². The maximum absolute atomic E-state index is 5.67. The van der Waals surface area contributed by atoms with Crippen LogP contribution in [0.2, 0.25) is 0 Å². The summed E-state index contributed by atoms with van der Waals surface area (Å²) >= 11 is 0. The van der Waals surface area contributed by atoms with E-state index < -0.39 is 0 Å². The normalized spacial score (nSPS) is 26.7. The van der Waals surface area contributed by atoms with Gasteiger partial charge in [-0.1, -0.05) is 36.8 Å². The molecule has 1 atom stereocenters. The first-order valence-electron chi connectivity index (χ1n) is 6.79. The second-order valence-electron chi connectivity index (χ2n) is 5.29. The molecule has 1 saturated heterocycles. The quantitative estimate of drug-likeness (QED) is 0.793. The lowest BCUT2D eigenvalue weighted by atomic mass is 9.79. The second kappa shape index (κ2) is 5.19. The number of ether oxygens (including phenoxy) is 1. The van der Waals surface area contributed by atoms with Crippen molar-refractivity contribution in [3.05, 3.63) is 35.9 Å². The number of hydrogen-bond donors (Lipinski definition) is 0. The van der Waals surface area contributed by atoms with Crippen molar-refractivity contribution in [1.29, 1.82) is 0 Å². The fourth-order valence-electron chi connectivity index (χ4n) is 2.93. The van der Waals surface area contributed by atoms with Crippen molar-refractivity contribution in [3.8, 4) is 0 Å². The van der Waals surface area contributed by atoms with Crippen LogP contribution in [-0.2, 0) is 11.3 Å². The summed E-state index contributed by atoms with van der Waals surface area (Å²) in [6.45, 7) is 4.02. The maximum atomic E-state index is 5.67. The highest BCUT2D eigenvalue weighted by molar-refractivity contribution is 5.14. The van der Waals surface area contributed by atoms with E-state index in [1.807, 2.05) is 0 Å². The first-order chi connectivity index (χ1) is 8.43. The predicted octanol–water partition coefficient (Wildman–Crippen LogP) is 2.69. The molecule has 0 aromatic heterocycles. The lowest BCUT2D eigenvalue weighted by molar-refractivity contribution is -0.0486. The van der Waals surface area contributed by atoms with Crippen LogP contribution in [0.3, 0.4) is 0 Å². The van der Waals surface area contributed by atoms with Crippen molar-refractivity contribution >= 4 is 0 Å². The van der Waals surface area contributed by atoms with Gasteiger partial charge >= 0.3 is 0 Å². The molecule has 2 nitrogen and oxygen atoms in total. The van der Waals surface area contributed by atoms with Crippen LogP contribution in [-0.4, -0.2) is 30.7 Å². The van der Waals surface area contributed by atoms with E-state index in [1.54, 1.807) is 0 Å². The molecule has 0 radical (unpaired) electrons. The summed E-state index contributed by atoms with van der Waals surface area (Å²) in [4.78, 5) is 2.63. The molecule has 92 valence electrons. The van der Waals surface area contributed by atoms with Crippen LogP contribution in [0, 0.1) is 5.92 Å². The Morgan fingerprint density at radius 2 is 2.00 bits per heavy atom. The molecule has 1 unspecified atom stereocenters. The Hall–Kier alpha value is -0.860. The van der Waals surface area contributed by atoms with Gasteiger partial charge in [-0.05, 0) is 24.3 Å². The molecular weight excluding hydrogens is 210 g/mol. The van der Waals surface area contributed by atoms with E-state index in [1.165, 1.54) is 24.8 Å². The molecule has 1 aromatic carbocycles. The lowest BCUT2D eigenvalue weighted by Crippen LogP contribution is -2.50. The molecule has 2 fully saturated rings. The molecule has 1 heterocycles. The third kappa shape index (κ3) is 2.53. The average molecular weight is 231 g/mol. The maximum Gasteiger partial charge on any atom is 0.0625 e. The highest BCUT2D eigenvalue weighted by Gasteiger charge is 2.33. The zero-order valence-electron chi connectivity index (χ0n) is 10.3. The number of hydrogen-bond acceptors (Lipinski definition) is 2. The summed E-state index contributed by atoms with van der Waals surface area (Å²) < 4.78 is 5.67. The minimum Gasteiger partial charge on any atom is -0.378 e. The van der Waals surface area contributed by atoms with Crippen molar-refractivity contribution in [2.75, 3.05) is 19.8 Å². The second-order valence-corrected chi connectivity index (χ2v) is 5.29. The largest absolute Gasteiger partial charge is 0.378 e. The minimum atomic E-state index is 0.665. The zero-order valence-corrected chi connectivity index (χ0v) is 10.3. The Kier molecular flexibility index (Phi) is 3.44. The molecule has 0 N–H and O–H groups in total. The molecule has 3 rings (SSSR count). The first kappa shape index (κ1) is 11.2. The van der Waals surface area contributed by atoms with Crippen LogP contribution in [0.25, 0.3) is 0 Å². The fraction of sp³-hybridized carbons (Fsp3) is 0.600. The topological polar surface area (TPSA) is 12.5 Å². The van der Waals surface area contributed by atoms with E-state index in [4.69, 9.17) is 4.74 Å². The molecule has 2 aliphatic rings. The molecule has 1 aliphatic carbocycles. The first-order valence-corrected chi connectivity index (χ1v) is 6.79. The molecule has 0 amide bonds. The summed E-state index contributed by atoms with van der Waals surface area (Å²) in [5, 5.41) is 0. The number of morpholine rings is 1. The van der Waals surface area contributed by atoms with Gasteiger partial charge in [0.15, 0.2) is 0 Å². The van der Waals surface area contributed by atoms with E-state index in [9.17, 15) is 0 Å². The number of benzene rings is 1.